The van der Waals surface area contributed by atoms with E-state index in [0.29, 0.717) is 0 Å². The van der Waals surface area contributed by atoms with Gasteiger partial charge >= 0.3 is 0 Å². The summed E-state index contributed by atoms with van der Waals surface area (Å²) in [5.74, 6) is 0.282. The quantitative estimate of drug-likeness (QED) is 0.767. The minimum absolute atomic E-state index is 0.282. The normalized spacial score (nSPS) is 10.9. The first-order chi connectivity index (χ1) is 7.22. The van der Waals surface area contributed by atoms with Crippen molar-refractivity contribution < 1.29 is 5.11 Å². The van der Waals surface area contributed by atoms with Crippen molar-refractivity contribution in [3.8, 4) is 5.75 Å². The van der Waals surface area contributed by atoms with Crippen LogP contribution < -0.4 is 4.90 Å². The molecule has 1 rings (SSSR count). The van der Waals surface area contributed by atoms with Crippen molar-refractivity contribution in [2.45, 2.75) is 13.8 Å². The molecule has 0 aliphatic heterocycles. The van der Waals surface area contributed by atoms with Crippen LogP contribution in [0, 0.1) is 0 Å². The van der Waals surface area contributed by atoms with Gasteiger partial charge in [0.25, 0.3) is 0 Å². The number of hydrogen-bond donors (Lipinski definition) is 1. The number of rotatable bonds is 4. The molecule has 0 saturated carbocycles. The topological polar surface area (TPSA) is 35.8 Å². The maximum absolute atomic E-state index is 9.74. The molecule has 0 aliphatic rings. The van der Waals surface area contributed by atoms with Crippen LogP contribution in [0.2, 0.25) is 0 Å². The highest BCUT2D eigenvalue weighted by Crippen LogP contribution is 2.23. The van der Waals surface area contributed by atoms with Gasteiger partial charge in [-0.25, -0.2) is 0 Å². The fourth-order valence-corrected chi connectivity index (χ4v) is 1.57. The first-order valence-corrected chi connectivity index (χ1v) is 5.23. The van der Waals surface area contributed by atoms with Gasteiger partial charge in [0.2, 0.25) is 0 Å². The molecule has 0 aromatic heterocycles. The molecule has 15 heavy (non-hydrogen) atoms. The van der Waals surface area contributed by atoms with Crippen LogP contribution >= 0.6 is 0 Å². The fourth-order valence-electron chi connectivity index (χ4n) is 1.57. The van der Waals surface area contributed by atoms with Crippen molar-refractivity contribution in [1.29, 1.82) is 0 Å². The third kappa shape index (κ3) is 2.72. The number of phenolic OH excluding ortho intramolecular Hbond substituents is 1. The minimum atomic E-state index is 0.282. The third-order valence-corrected chi connectivity index (χ3v) is 2.41. The fraction of sp³-hybridized carbons (Fsp3) is 0.417. The molecule has 0 radical (unpaired) electrons. The van der Waals surface area contributed by atoms with Crippen molar-refractivity contribution in [2.24, 2.45) is 4.99 Å². The molecule has 0 heterocycles. The predicted octanol–water partition coefficient (Wildman–Crippen LogP) is 2.29. The molecule has 0 aliphatic carbocycles. The average molecular weight is 206 g/mol. The van der Waals surface area contributed by atoms with Crippen LogP contribution in [0.1, 0.15) is 19.4 Å². The number of aliphatic imine (C=N–C) groups is 1. The Hall–Kier alpha value is -1.51. The Morgan fingerprint density at radius 3 is 2.47 bits per heavy atom. The molecule has 0 fully saturated rings. The lowest BCUT2D eigenvalue weighted by Gasteiger charge is -2.21. The standard InChI is InChI=1S/C12H18N2O/c1-4-14(5-2)11-7-6-10(9-13-3)12(15)8-11/h6-9,15H,4-5H2,1-3H3. The van der Waals surface area contributed by atoms with Crippen LogP contribution in [-0.4, -0.2) is 31.5 Å². The van der Waals surface area contributed by atoms with Gasteiger partial charge in [-0.05, 0) is 26.0 Å². The highest BCUT2D eigenvalue weighted by molar-refractivity contribution is 5.84. The van der Waals surface area contributed by atoms with Crippen LogP contribution in [0.5, 0.6) is 5.75 Å². The summed E-state index contributed by atoms with van der Waals surface area (Å²) in [5, 5.41) is 9.74. The van der Waals surface area contributed by atoms with Crippen LogP contribution in [0.25, 0.3) is 0 Å². The molecule has 82 valence electrons. The molecule has 0 spiro atoms. The van der Waals surface area contributed by atoms with Gasteiger partial charge in [-0.15, -0.1) is 0 Å². The summed E-state index contributed by atoms with van der Waals surface area (Å²) in [6.45, 7) is 6.08. The number of aromatic hydroxyl groups is 1. The van der Waals surface area contributed by atoms with E-state index in [9.17, 15) is 5.11 Å². The summed E-state index contributed by atoms with van der Waals surface area (Å²) < 4.78 is 0. The Balaban J connectivity index is 2.99. The van der Waals surface area contributed by atoms with Crippen LogP contribution in [0.15, 0.2) is 23.2 Å². The molecule has 3 heteroatoms. The van der Waals surface area contributed by atoms with E-state index in [0.717, 1.165) is 24.3 Å². The summed E-state index contributed by atoms with van der Waals surface area (Å²) in [6.07, 6.45) is 1.65. The number of nitrogens with zero attached hydrogens (tertiary/aromatic N) is 2. The van der Waals surface area contributed by atoms with Crippen molar-refractivity contribution >= 4 is 11.9 Å². The summed E-state index contributed by atoms with van der Waals surface area (Å²) in [6, 6.07) is 5.67. The second-order valence-corrected chi connectivity index (χ2v) is 3.30. The third-order valence-electron chi connectivity index (χ3n) is 2.41. The maximum Gasteiger partial charge on any atom is 0.126 e. The second-order valence-electron chi connectivity index (χ2n) is 3.30. The molecule has 3 nitrogen and oxygen atoms in total. The van der Waals surface area contributed by atoms with E-state index in [-0.39, 0.29) is 5.75 Å². The van der Waals surface area contributed by atoms with E-state index in [2.05, 4.69) is 23.7 Å². The lowest BCUT2D eigenvalue weighted by atomic mass is 10.2. The number of phenols is 1. The Morgan fingerprint density at radius 1 is 1.33 bits per heavy atom. The van der Waals surface area contributed by atoms with Gasteiger partial charge in [0.15, 0.2) is 0 Å². The SMILES string of the molecule is CCN(CC)c1ccc(C=NC)c(O)c1. The Bertz CT molecular complexity index is 343. The smallest absolute Gasteiger partial charge is 0.126 e. The summed E-state index contributed by atoms with van der Waals surface area (Å²) in [4.78, 5) is 6.07. The number of hydrogen-bond acceptors (Lipinski definition) is 3. The molecule has 1 aromatic carbocycles. The Labute approximate surface area is 91.1 Å². The van der Waals surface area contributed by atoms with Gasteiger partial charge in [-0.1, -0.05) is 0 Å². The molecular formula is C12H18N2O. The van der Waals surface area contributed by atoms with Crippen molar-refractivity contribution in [2.75, 3.05) is 25.0 Å². The van der Waals surface area contributed by atoms with Crippen LogP contribution in [0.3, 0.4) is 0 Å². The van der Waals surface area contributed by atoms with Crippen molar-refractivity contribution in [1.82, 2.24) is 0 Å². The summed E-state index contributed by atoms with van der Waals surface area (Å²) >= 11 is 0. The van der Waals surface area contributed by atoms with Crippen molar-refractivity contribution in [3.63, 3.8) is 0 Å². The molecule has 1 aromatic rings. The van der Waals surface area contributed by atoms with E-state index in [1.807, 2.05) is 12.1 Å². The van der Waals surface area contributed by atoms with Gasteiger partial charge in [-0.2, -0.15) is 0 Å². The van der Waals surface area contributed by atoms with Gasteiger partial charge in [0.1, 0.15) is 5.75 Å². The zero-order valence-corrected chi connectivity index (χ0v) is 9.57. The molecule has 0 unspecified atom stereocenters. The van der Waals surface area contributed by atoms with Gasteiger partial charge in [0, 0.05) is 43.7 Å². The zero-order valence-electron chi connectivity index (χ0n) is 9.57. The lowest BCUT2D eigenvalue weighted by Crippen LogP contribution is -2.21. The molecular weight excluding hydrogens is 188 g/mol. The van der Waals surface area contributed by atoms with E-state index in [4.69, 9.17) is 0 Å². The lowest BCUT2D eigenvalue weighted by molar-refractivity contribution is 0.474. The summed E-state index contributed by atoms with van der Waals surface area (Å²) in [5.41, 5.74) is 1.80. The van der Waals surface area contributed by atoms with Crippen LogP contribution in [-0.2, 0) is 0 Å². The van der Waals surface area contributed by atoms with Gasteiger partial charge < -0.3 is 10.0 Å². The predicted molar refractivity (Wildman–Crippen MR) is 65.2 cm³/mol. The minimum Gasteiger partial charge on any atom is -0.507 e. The highest BCUT2D eigenvalue weighted by atomic mass is 16.3. The molecule has 0 amide bonds. The van der Waals surface area contributed by atoms with Crippen LogP contribution in [0.4, 0.5) is 5.69 Å². The second kappa shape index (κ2) is 5.39. The maximum atomic E-state index is 9.74. The zero-order chi connectivity index (χ0) is 11.3. The molecule has 0 atom stereocenters. The van der Waals surface area contributed by atoms with Gasteiger partial charge in [0.05, 0.1) is 0 Å². The monoisotopic (exact) mass is 206 g/mol. The van der Waals surface area contributed by atoms with E-state index < -0.39 is 0 Å². The highest BCUT2D eigenvalue weighted by Gasteiger charge is 2.04. The largest absolute Gasteiger partial charge is 0.507 e. The van der Waals surface area contributed by atoms with E-state index in [1.165, 1.54) is 0 Å². The van der Waals surface area contributed by atoms with E-state index >= 15 is 0 Å². The Kier molecular flexibility index (Phi) is 4.16. The summed E-state index contributed by atoms with van der Waals surface area (Å²) in [7, 11) is 1.69. The molecule has 1 N–H and O–H groups in total. The van der Waals surface area contributed by atoms with Crippen molar-refractivity contribution in [3.05, 3.63) is 23.8 Å². The van der Waals surface area contributed by atoms with Gasteiger partial charge in [-0.3, -0.25) is 4.99 Å². The average Bonchev–Trinajstić information content (AvgIpc) is 2.24. The van der Waals surface area contributed by atoms with E-state index in [1.54, 1.807) is 19.3 Å². The first-order valence-electron chi connectivity index (χ1n) is 5.23. The first kappa shape index (κ1) is 11.6. The number of anilines is 1. The Morgan fingerprint density at radius 2 is 2.00 bits per heavy atom. The molecule has 0 bridgehead atoms. The molecule has 0 saturated heterocycles. The number of benzene rings is 1.